The lowest BCUT2D eigenvalue weighted by molar-refractivity contribution is -0.132. The Kier molecular flexibility index (Phi) is 8.30. The summed E-state index contributed by atoms with van der Waals surface area (Å²) in [6.07, 6.45) is 12.3. The van der Waals surface area contributed by atoms with Gasteiger partial charge < -0.3 is 15.7 Å². The predicted molar refractivity (Wildman–Crippen MR) is 139 cm³/mol. The zero-order valence-corrected chi connectivity index (χ0v) is 20.7. The van der Waals surface area contributed by atoms with Crippen LogP contribution < -0.4 is 5.32 Å². The third-order valence-corrected chi connectivity index (χ3v) is 7.97. The van der Waals surface area contributed by atoms with E-state index < -0.39 is 5.66 Å². The fourth-order valence-electron chi connectivity index (χ4n) is 6.07. The number of hydrogen-bond donors (Lipinski definition) is 3. The van der Waals surface area contributed by atoms with E-state index in [1.807, 2.05) is 18.0 Å². The number of amides is 1. The number of benzene rings is 1. The maximum absolute atomic E-state index is 12.9. The highest BCUT2D eigenvalue weighted by molar-refractivity contribution is 6.12. The first kappa shape index (κ1) is 24.8. The highest BCUT2D eigenvalue weighted by atomic mass is 16.2. The van der Waals surface area contributed by atoms with E-state index >= 15 is 0 Å². The first-order valence-corrected chi connectivity index (χ1v) is 13.2. The summed E-state index contributed by atoms with van der Waals surface area (Å²) in [4.78, 5) is 19.7. The second-order valence-corrected chi connectivity index (χ2v) is 10.6. The van der Waals surface area contributed by atoms with Crippen LogP contribution in [-0.4, -0.2) is 53.2 Å². The van der Waals surface area contributed by atoms with Gasteiger partial charge in [0.2, 0.25) is 5.91 Å². The molecule has 1 amide bonds. The molecule has 0 aromatic heterocycles. The van der Waals surface area contributed by atoms with Gasteiger partial charge in [-0.15, -0.1) is 0 Å². The zero-order chi connectivity index (χ0) is 24.0. The van der Waals surface area contributed by atoms with Gasteiger partial charge in [-0.2, -0.15) is 0 Å². The van der Waals surface area contributed by atoms with Crippen molar-refractivity contribution in [1.82, 2.24) is 10.2 Å². The zero-order valence-electron chi connectivity index (χ0n) is 20.7. The molecule has 3 N–H and O–H groups in total. The molecule has 1 aromatic carbocycles. The summed E-state index contributed by atoms with van der Waals surface area (Å²) in [6, 6.07) is 11.0. The second kappa shape index (κ2) is 11.4. The fourth-order valence-corrected chi connectivity index (χ4v) is 6.07. The average Bonchev–Trinajstić information content (AvgIpc) is 2.84. The predicted octanol–water partition coefficient (Wildman–Crippen LogP) is 5.02. The molecular formula is C28H41N5O. The number of aliphatic imine (C=N–C) groups is 1. The summed E-state index contributed by atoms with van der Waals surface area (Å²) in [7, 11) is 0. The molecule has 1 aliphatic carbocycles. The second-order valence-electron chi connectivity index (χ2n) is 10.6. The van der Waals surface area contributed by atoms with Crippen molar-refractivity contribution in [2.45, 2.75) is 89.3 Å². The first-order valence-electron chi connectivity index (χ1n) is 13.2. The van der Waals surface area contributed by atoms with Crippen molar-refractivity contribution in [2.24, 2.45) is 16.8 Å². The average molecular weight is 464 g/mol. The molecule has 2 fully saturated rings. The molecule has 0 radical (unpaired) electrons. The minimum atomic E-state index is -0.646. The van der Waals surface area contributed by atoms with Crippen LogP contribution in [0.2, 0.25) is 0 Å². The van der Waals surface area contributed by atoms with Crippen LogP contribution in [0.15, 0.2) is 35.3 Å². The minimum Gasteiger partial charge on any atom is -0.343 e. The number of nitrogens with zero attached hydrogens (tertiary/aromatic N) is 2. The van der Waals surface area contributed by atoms with Gasteiger partial charge in [0.1, 0.15) is 5.66 Å². The Morgan fingerprint density at radius 2 is 1.79 bits per heavy atom. The molecule has 34 heavy (non-hydrogen) atoms. The number of hydrogen-bond acceptors (Lipinski definition) is 5. The summed E-state index contributed by atoms with van der Waals surface area (Å²) in [5, 5.41) is 21.1. The lowest BCUT2D eigenvalue weighted by Crippen LogP contribution is -2.58. The summed E-state index contributed by atoms with van der Waals surface area (Å²) in [5.41, 5.74) is 1.75. The molecule has 184 valence electrons. The van der Waals surface area contributed by atoms with Gasteiger partial charge in [0, 0.05) is 49.6 Å². The van der Waals surface area contributed by atoms with Crippen molar-refractivity contribution in [3.8, 4) is 0 Å². The quantitative estimate of drug-likeness (QED) is 0.473. The molecular weight excluding hydrogens is 422 g/mol. The van der Waals surface area contributed by atoms with E-state index in [1.54, 1.807) is 0 Å². The van der Waals surface area contributed by atoms with Gasteiger partial charge in [-0.25, -0.2) is 0 Å². The molecule has 1 saturated carbocycles. The van der Waals surface area contributed by atoms with Gasteiger partial charge in [0.15, 0.2) is 0 Å². The van der Waals surface area contributed by atoms with E-state index in [-0.39, 0.29) is 11.8 Å². The normalized spacial score (nSPS) is 26.6. The van der Waals surface area contributed by atoms with Crippen LogP contribution in [0.1, 0.15) is 76.7 Å². The smallest absolute Gasteiger partial charge is 0.222 e. The summed E-state index contributed by atoms with van der Waals surface area (Å²) in [5.74, 6) is 0.427. The highest BCUT2D eigenvalue weighted by Crippen LogP contribution is 2.31. The Labute approximate surface area is 204 Å². The Hall–Kier alpha value is -2.34. The topological polar surface area (TPSA) is 92.4 Å². The molecule has 4 rings (SSSR count). The molecule has 2 heterocycles. The maximum Gasteiger partial charge on any atom is 0.222 e. The third-order valence-electron chi connectivity index (χ3n) is 7.97. The van der Waals surface area contributed by atoms with Crippen LogP contribution in [0.4, 0.5) is 0 Å². The van der Waals surface area contributed by atoms with Gasteiger partial charge in [-0.3, -0.25) is 15.1 Å². The van der Waals surface area contributed by atoms with Gasteiger partial charge in [-0.1, -0.05) is 49.6 Å². The fraction of sp³-hybridized carbons (Fsp3) is 0.643. The van der Waals surface area contributed by atoms with E-state index in [4.69, 9.17) is 15.8 Å². The molecule has 2 aliphatic heterocycles. The lowest BCUT2D eigenvalue weighted by Gasteiger charge is -2.42. The van der Waals surface area contributed by atoms with Crippen molar-refractivity contribution in [3.05, 3.63) is 35.9 Å². The molecule has 3 aliphatic rings. The molecule has 2 unspecified atom stereocenters. The highest BCUT2D eigenvalue weighted by Gasteiger charge is 2.42. The number of carbonyl (C=O) groups excluding carboxylic acids is 1. The van der Waals surface area contributed by atoms with E-state index in [9.17, 15) is 4.79 Å². The van der Waals surface area contributed by atoms with Crippen LogP contribution in [0.5, 0.6) is 0 Å². The first-order chi connectivity index (χ1) is 16.4. The van der Waals surface area contributed by atoms with Gasteiger partial charge in [0.25, 0.3) is 0 Å². The SMILES string of the molecule is CC1(NC2CCCCC2)N=CCC(=N)C1C(=N)CCC(=O)N1CCC(Cc2ccccc2)CC1. The van der Waals surface area contributed by atoms with Gasteiger partial charge >= 0.3 is 0 Å². The maximum atomic E-state index is 12.9. The number of likely N-dealkylation sites (tertiary alicyclic amines) is 1. The number of rotatable bonds is 8. The van der Waals surface area contributed by atoms with E-state index in [1.165, 1.54) is 24.8 Å². The lowest BCUT2D eigenvalue weighted by atomic mass is 9.79. The molecule has 0 bridgehead atoms. The van der Waals surface area contributed by atoms with Crippen LogP contribution >= 0.6 is 0 Å². The molecule has 6 nitrogen and oxygen atoms in total. The number of piperidine rings is 1. The molecule has 0 spiro atoms. The Morgan fingerprint density at radius 1 is 1.09 bits per heavy atom. The van der Waals surface area contributed by atoms with Crippen LogP contribution in [0, 0.1) is 22.7 Å². The van der Waals surface area contributed by atoms with Crippen molar-refractivity contribution in [3.63, 3.8) is 0 Å². The molecule has 1 aromatic rings. The summed E-state index contributed by atoms with van der Waals surface area (Å²) >= 11 is 0. The largest absolute Gasteiger partial charge is 0.343 e. The van der Waals surface area contributed by atoms with Crippen LogP contribution in [0.25, 0.3) is 0 Å². The van der Waals surface area contributed by atoms with Crippen molar-refractivity contribution in [2.75, 3.05) is 13.1 Å². The van der Waals surface area contributed by atoms with Crippen molar-refractivity contribution in [1.29, 1.82) is 10.8 Å². The Balaban J connectivity index is 1.27. The summed E-state index contributed by atoms with van der Waals surface area (Å²) in [6.45, 7) is 3.66. The Morgan fingerprint density at radius 3 is 2.50 bits per heavy atom. The molecule has 1 saturated heterocycles. The monoisotopic (exact) mass is 463 g/mol. The van der Waals surface area contributed by atoms with Crippen molar-refractivity contribution < 1.29 is 4.79 Å². The number of nitrogens with one attached hydrogen (secondary N) is 3. The van der Waals surface area contributed by atoms with Gasteiger partial charge in [0.05, 0.1) is 5.92 Å². The molecule has 6 heteroatoms. The van der Waals surface area contributed by atoms with Crippen LogP contribution in [-0.2, 0) is 11.2 Å². The van der Waals surface area contributed by atoms with Crippen LogP contribution in [0.3, 0.4) is 0 Å². The molecule has 2 atom stereocenters. The van der Waals surface area contributed by atoms with E-state index in [0.29, 0.717) is 42.6 Å². The summed E-state index contributed by atoms with van der Waals surface area (Å²) < 4.78 is 0. The minimum absolute atomic E-state index is 0.149. The third kappa shape index (κ3) is 6.21. The number of carbonyl (C=O) groups is 1. The van der Waals surface area contributed by atoms with E-state index in [2.05, 4.69) is 35.6 Å². The standard InChI is InChI=1S/C28H41N5O/c1-28(32-23-10-6-3-7-11-23)27(25(30)14-17-31-28)24(29)12-13-26(34)33-18-15-22(16-19-33)20-21-8-4-2-5-9-21/h2,4-5,8-9,17,22-23,27,29-30,32H,3,6-7,10-16,18-20H2,1H3. The van der Waals surface area contributed by atoms with Gasteiger partial charge in [-0.05, 0) is 56.9 Å². The van der Waals surface area contributed by atoms with E-state index in [0.717, 1.165) is 45.2 Å². The Bertz CT molecular complexity index is 883. The van der Waals surface area contributed by atoms with Crippen molar-refractivity contribution >= 4 is 23.5 Å².